The van der Waals surface area contributed by atoms with Crippen molar-refractivity contribution in [2.45, 2.75) is 45.4 Å². The highest BCUT2D eigenvalue weighted by atomic mass is 16.5. The van der Waals surface area contributed by atoms with Crippen molar-refractivity contribution < 1.29 is 29.2 Å². The Morgan fingerprint density at radius 2 is 1.91 bits per heavy atom. The molecular weight excluding hydrogens is 454 g/mol. The van der Waals surface area contributed by atoms with Gasteiger partial charge in [0.15, 0.2) is 5.58 Å². The summed E-state index contributed by atoms with van der Waals surface area (Å²) >= 11 is 0. The number of aromatic nitrogens is 3. The van der Waals surface area contributed by atoms with Crippen molar-refractivity contribution in [3.8, 4) is 17.2 Å². The Morgan fingerprint density at radius 3 is 2.60 bits per heavy atom. The highest BCUT2D eigenvalue weighted by Gasteiger charge is 2.41. The van der Waals surface area contributed by atoms with E-state index in [4.69, 9.17) is 13.9 Å². The molecule has 0 bridgehead atoms. The first-order chi connectivity index (χ1) is 16.9. The van der Waals surface area contributed by atoms with Crippen molar-refractivity contribution in [3.63, 3.8) is 0 Å². The van der Waals surface area contributed by atoms with Crippen LogP contribution in [0.3, 0.4) is 0 Å². The molecule has 5 N–H and O–H groups in total. The molecule has 0 spiro atoms. The topological polar surface area (TPSA) is 155 Å². The van der Waals surface area contributed by atoms with Crippen molar-refractivity contribution in [2.75, 3.05) is 44.1 Å². The lowest BCUT2D eigenvalue weighted by Gasteiger charge is -2.21. The molecular formula is C24H33N5O6. The standard InChI is InChI=1S/C24H33N5O6/c1-5-34-18-10-14-9-17(35-22(14)13(3)26-18)19-12(2)27-24(25-6-7-33-4)29-23(19)28-16-8-15(11-30)20(31)21(16)32/h9-10,15-16,20-21,30-32H,5-8,11H2,1-4H3,(H2,25,27,28,29)/t15-,16-,20-,21+/m1/s1. The molecule has 4 atom stereocenters. The number of methoxy groups -OCH3 is 1. The summed E-state index contributed by atoms with van der Waals surface area (Å²) in [6.45, 7) is 6.90. The van der Waals surface area contributed by atoms with Crippen LogP contribution in [0.1, 0.15) is 24.7 Å². The average molecular weight is 488 g/mol. The van der Waals surface area contributed by atoms with Crippen molar-refractivity contribution >= 4 is 22.7 Å². The molecule has 1 aliphatic carbocycles. The molecule has 1 saturated carbocycles. The molecule has 0 saturated heterocycles. The lowest BCUT2D eigenvalue weighted by atomic mass is 10.1. The van der Waals surface area contributed by atoms with E-state index < -0.39 is 24.2 Å². The van der Waals surface area contributed by atoms with Gasteiger partial charge in [-0.25, -0.2) is 9.97 Å². The third-order valence-electron chi connectivity index (χ3n) is 6.22. The maximum absolute atomic E-state index is 10.6. The number of nitrogens with one attached hydrogen (secondary N) is 2. The smallest absolute Gasteiger partial charge is 0.224 e. The molecule has 11 nitrogen and oxygen atoms in total. The van der Waals surface area contributed by atoms with Gasteiger partial charge in [0.1, 0.15) is 17.7 Å². The number of rotatable bonds is 10. The van der Waals surface area contributed by atoms with Crippen LogP contribution in [0.25, 0.3) is 22.3 Å². The summed E-state index contributed by atoms with van der Waals surface area (Å²) in [5.74, 6) is 1.47. The number of nitrogens with zero attached hydrogens (tertiary/aromatic N) is 3. The lowest BCUT2D eigenvalue weighted by Crippen LogP contribution is -2.35. The van der Waals surface area contributed by atoms with Gasteiger partial charge in [-0.3, -0.25) is 0 Å². The minimum atomic E-state index is -1.06. The first-order valence-corrected chi connectivity index (χ1v) is 11.8. The van der Waals surface area contributed by atoms with Crippen molar-refractivity contribution in [3.05, 3.63) is 23.5 Å². The first-order valence-electron chi connectivity index (χ1n) is 11.8. The third-order valence-corrected chi connectivity index (χ3v) is 6.22. The Bertz CT molecular complexity index is 1170. The largest absolute Gasteiger partial charge is 0.478 e. The Hall–Kier alpha value is -2.99. The summed E-state index contributed by atoms with van der Waals surface area (Å²) in [5.41, 5.74) is 2.62. The Kier molecular flexibility index (Phi) is 7.70. The van der Waals surface area contributed by atoms with Crippen LogP contribution in [0.15, 0.2) is 16.5 Å². The molecule has 1 aliphatic rings. The SMILES string of the molecule is CCOc1cc2cc(-c3c(C)nc(NCCOC)nc3N[C@@H]3C[C@H](CO)[C@@H](O)[C@H]3O)oc2c(C)n1. The maximum atomic E-state index is 10.6. The normalized spacial score (nSPS) is 22.0. The molecule has 11 heteroatoms. The highest BCUT2D eigenvalue weighted by molar-refractivity contribution is 5.88. The van der Waals surface area contributed by atoms with E-state index in [9.17, 15) is 15.3 Å². The molecule has 0 unspecified atom stereocenters. The van der Waals surface area contributed by atoms with Gasteiger partial charge in [0.2, 0.25) is 11.8 Å². The summed E-state index contributed by atoms with van der Waals surface area (Å²) in [6.07, 6.45) is -1.70. The van der Waals surface area contributed by atoms with Crippen LogP contribution in [0.4, 0.5) is 11.8 Å². The van der Waals surface area contributed by atoms with Gasteiger partial charge in [0.05, 0.1) is 42.3 Å². The van der Waals surface area contributed by atoms with Crippen LogP contribution in [-0.4, -0.2) is 82.0 Å². The van der Waals surface area contributed by atoms with E-state index in [2.05, 4.69) is 25.6 Å². The number of hydrogen-bond donors (Lipinski definition) is 5. The van der Waals surface area contributed by atoms with Crippen molar-refractivity contribution in [1.82, 2.24) is 15.0 Å². The Morgan fingerprint density at radius 1 is 1.11 bits per heavy atom. The zero-order valence-electron chi connectivity index (χ0n) is 20.4. The molecule has 3 heterocycles. The molecule has 35 heavy (non-hydrogen) atoms. The molecule has 4 rings (SSSR count). The fourth-order valence-corrected chi connectivity index (χ4v) is 4.46. The quantitative estimate of drug-likeness (QED) is 0.266. The zero-order valence-corrected chi connectivity index (χ0v) is 20.4. The monoisotopic (exact) mass is 487 g/mol. The number of aryl methyl sites for hydroxylation is 2. The summed E-state index contributed by atoms with van der Waals surface area (Å²) in [5, 5.41) is 37.7. The van der Waals surface area contributed by atoms with Gasteiger partial charge >= 0.3 is 0 Å². The number of aliphatic hydroxyl groups is 3. The second-order valence-corrected chi connectivity index (χ2v) is 8.69. The summed E-state index contributed by atoms with van der Waals surface area (Å²) < 4.78 is 16.9. The van der Waals surface area contributed by atoms with E-state index in [1.165, 1.54) is 0 Å². The van der Waals surface area contributed by atoms with Crippen LogP contribution >= 0.6 is 0 Å². The minimum Gasteiger partial charge on any atom is -0.478 e. The molecule has 3 aromatic rings. The number of anilines is 2. The molecule has 1 fully saturated rings. The van der Waals surface area contributed by atoms with Crippen LogP contribution in [0.2, 0.25) is 0 Å². The Balaban J connectivity index is 1.76. The van der Waals surface area contributed by atoms with E-state index in [0.717, 1.165) is 5.39 Å². The Labute approximate surface area is 203 Å². The number of fused-ring (bicyclic) bond motifs is 1. The number of furan rings is 1. The third kappa shape index (κ3) is 5.18. The molecule has 3 aromatic heterocycles. The van der Waals surface area contributed by atoms with E-state index in [0.29, 0.717) is 72.1 Å². The van der Waals surface area contributed by atoms with Crippen LogP contribution in [0.5, 0.6) is 5.88 Å². The van der Waals surface area contributed by atoms with Crippen molar-refractivity contribution in [1.29, 1.82) is 0 Å². The van der Waals surface area contributed by atoms with Gasteiger partial charge in [-0.1, -0.05) is 0 Å². The summed E-state index contributed by atoms with van der Waals surface area (Å²) in [4.78, 5) is 13.7. The van der Waals surface area contributed by atoms with E-state index in [-0.39, 0.29) is 6.61 Å². The predicted molar refractivity (Wildman–Crippen MR) is 131 cm³/mol. The van der Waals surface area contributed by atoms with Gasteiger partial charge in [0, 0.05) is 37.6 Å². The van der Waals surface area contributed by atoms with E-state index in [1.807, 2.05) is 32.9 Å². The number of aliphatic hydroxyl groups excluding tert-OH is 3. The van der Waals surface area contributed by atoms with Gasteiger partial charge in [-0.2, -0.15) is 4.98 Å². The zero-order chi connectivity index (χ0) is 25.1. The number of hydrogen-bond acceptors (Lipinski definition) is 11. The van der Waals surface area contributed by atoms with Crippen LogP contribution < -0.4 is 15.4 Å². The minimum absolute atomic E-state index is 0.214. The van der Waals surface area contributed by atoms with E-state index in [1.54, 1.807) is 7.11 Å². The average Bonchev–Trinajstić information content (AvgIpc) is 3.36. The second-order valence-electron chi connectivity index (χ2n) is 8.69. The van der Waals surface area contributed by atoms with E-state index >= 15 is 0 Å². The number of ether oxygens (including phenoxy) is 2. The molecule has 0 aliphatic heterocycles. The lowest BCUT2D eigenvalue weighted by molar-refractivity contribution is 0.00446. The number of pyridine rings is 1. The van der Waals surface area contributed by atoms with Gasteiger partial charge < -0.3 is 39.8 Å². The maximum Gasteiger partial charge on any atom is 0.224 e. The first kappa shape index (κ1) is 25.1. The predicted octanol–water partition coefficient (Wildman–Crippen LogP) is 1.87. The van der Waals surface area contributed by atoms with Gasteiger partial charge in [0.25, 0.3) is 0 Å². The van der Waals surface area contributed by atoms with Gasteiger partial charge in [-0.15, -0.1) is 0 Å². The molecule has 0 amide bonds. The summed E-state index contributed by atoms with van der Waals surface area (Å²) in [6, 6.07) is 3.20. The molecule has 0 radical (unpaired) electrons. The summed E-state index contributed by atoms with van der Waals surface area (Å²) in [7, 11) is 1.61. The second kappa shape index (κ2) is 10.7. The van der Waals surface area contributed by atoms with Gasteiger partial charge in [-0.05, 0) is 33.3 Å². The molecule has 190 valence electrons. The van der Waals surface area contributed by atoms with Crippen LogP contribution in [0, 0.1) is 19.8 Å². The van der Waals surface area contributed by atoms with Crippen LogP contribution in [-0.2, 0) is 4.74 Å². The molecule has 0 aromatic carbocycles. The van der Waals surface area contributed by atoms with Crippen molar-refractivity contribution in [2.24, 2.45) is 5.92 Å². The fourth-order valence-electron chi connectivity index (χ4n) is 4.46. The fraction of sp³-hybridized carbons (Fsp3) is 0.542. The highest BCUT2D eigenvalue weighted by Crippen LogP contribution is 2.38.